The van der Waals surface area contributed by atoms with E-state index in [0.29, 0.717) is 28.1 Å². The van der Waals surface area contributed by atoms with Crippen molar-refractivity contribution in [1.82, 2.24) is 5.32 Å². The first kappa shape index (κ1) is 23.9. The van der Waals surface area contributed by atoms with Crippen LogP contribution in [0.3, 0.4) is 0 Å². The minimum Gasteiger partial charge on any atom is -0.488 e. The van der Waals surface area contributed by atoms with Crippen molar-refractivity contribution in [2.45, 2.75) is 20.5 Å². The van der Waals surface area contributed by atoms with Crippen LogP contribution in [-0.4, -0.2) is 17.8 Å². The van der Waals surface area contributed by atoms with Gasteiger partial charge in [0, 0.05) is 4.47 Å². The number of anilines is 1. The first-order valence-corrected chi connectivity index (χ1v) is 12.0. The molecule has 1 N–H and O–H groups in total. The summed E-state index contributed by atoms with van der Waals surface area (Å²) < 4.78 is 7.55. The number of halogens is 2. The number of ether oxygens (including phenoxy) is 1. The van der Waals surface area contributed by atoms with E-state index < -0.39 is 17.8 Å². The van der Waals surface area contributed by atoms with Crippen molar-refractivity contribution in [3.05, 3.63) is 97.4 Å². The number of nitrogens with one attached hydrogen (secondary N) is 1. The number of hydrogen-bond donors (Lipinski definition) is 1. The molecule has 0 spiro atoms. The molecule has 6 nitrogen and oxygen atoms in total. The van der Waals surface area contributed by atoms with Gasteiger partial charge in [-0.15, -0.1) is 0 Å². The summed E-state index contributed by atoms with van der Waals surface area (Å²) in [6, 6.07) is 17.7. The lowest BCUT2D eigenvalue weighted by molar-refractivity contribution is -0.122. The molecule has 4 amide bonds. The number of hydrogen-bond acceptors (Lipinski definition) is 4. The summed E-state index contributed by atoms with van der Waals surface area (Å²) in [5.74, 6) is -0.783. The van der Waals surface area contributed by atoms with Gasteiger partial charge in [0.1, 0.15) is 17.9 Å². The number of amides is 4. The van der Waals surface area contributed by atoms with Crippen LogP contribution in [0.15, 0.2) is 75.2 Å². The minimum absolute atomic E-state index is 0.129. The second kappa shape index (κ2) is 9.95. The van der Waals surface area contributed by atoms with E-state index in [2.05, 4.69) is 37.2 Å². The van der Waals surface area contributed by atoms with Crippen molar-refractivity contribution in [1.29, 1.82) is 0 Å². The molecule has 172 valence electrons. The standard InChI is InChI=1S/C26H20Br2N2O4/c1-15-4-3-5-22(16(15)2)30-25(32)20(24(31)29-26(30)33)12-18-8-11-23(21(28)13-18)34-14-17-6-9-19(27)10-7-17/h3-13H,14H2,1-2H3,(H,29,31,33)/b20-12+. The van der Waals surface area contributed by atoms with Crippen LogP contribution >= 0.6 is 31.9 Å². The van der Waals surface area contributed by atoms with Gasteiger partial charge in [-0.3, -0.25) is 14.9 Å². The fourth-order valence-corrected chi connectivity index (χ4v) is 4.26. The highest BCUT2D eigenvalue weighted by Gasteiger charge is 2.37. The summed E-state index contributed by atoms with van der Waals surface area (Å²) in [5, 5.41) is 2.26. The van der Waals surface area contributed by atoms with Crippen molar-refractivity contribution in [2.75, 3.05) is 4.90 Å². The summed E-state index contributed by atoms with van der Waals surface area (Å²) in [6.45, 7) is 4.11. The monoisotopic (exact) mass is 582 g/mol. The molecule has 0 bridgehead atoms. The van der Waals surface area contributed by atoms with E-state index in [-0.39, 0.29) is 5.57 Å². The molecule has 34 heavy (non-hydrogen) atoms. The van der Waals surface area contributed by atoms with Crippen molar-refractivity contribution in [2.24, 2.45) is 0 Å². The Morgan fingerprint density at radius 1 is 0.971 bits per heavy atom. The Morgan fingerprint density at radius 3 is 2.41 bits per heavy atom. The fraction of sp³-hybridized carbons (Fsp3) is 0.115. The molecule has 1 fully saturated rings. The molecule has 4 rings (SSSR count). The minimum atomic E-state index is -0.765. The van der Waals surface area contributed by atoms with E-state index in [4.69, 9.17) is 4.74 Å². The molecule has 1 heterocycles. The number of carbonyl (C=O) groups excluding carboxylic acids is 3. The van der Waals surface area contributed by atoms with Crippen molar-refractivity contribution >= 4 is 61.5 Å². The number of rotatable bonds is 5. The number of aryl methyl sites for hydroxylation is 1. The second-order valence-corrected chi connectivity index (χ2v) is 9.55. The maximum atomic E-state index is 13.2. The number of barbiturate groups is 1. The van der Waals surface area contributed by atoms with Crippen LogP contribution in [0.1, 0.15) is 22.3 Å². The predicted octanol–water partition coefficient (Wildman–Crippen LogP) is 6.07. The highest BCUT2D eigenvalue weighted by molar-refractivity contribution is 9.10. The summed E-state index contributed by atoms with van der Waals surface area (Å²) >= 11 is 6.90. The number of nitrogens with zero attached hydrogens (tertiary/aromatic N) is 1. The zero-order valence-electron chi connectivity index (χ0n) is 18.4. The molecule has 0 saturated carbocycles. The zero-order chi connectivity index (χ0) is 24.4. The van der Waals surface area contributed by atoms with Crippen LogP contribution in [0.4, 0.5) is 10.5 Å². The van der Waals surface area contributed by atoms with Gasteiger partial charge in [0.05, 0.1) is 10.2 Å². The van der Waals surface area contributed by atoms with E-state index in [1.165, 1.54) is 6.08 Å². The molecule has 1 saturated heterocycles. The lowest BCUT2D eigenvalue weighted by atomic mass is 10.0. The maximum absolute atomic E-state index is 13.2. The van der Waals surface area contributed by atoms with Gasteiger partial charge in [0.25, 0.3) is 11.8 Å². The number of benzene rings is 3. The van der Waals surface area contributed by atoms with Crippen molar-refractivity contribution < 1.29 is 19.1 Å². The van der Waals surface area contributed by atoms with Gasteiger partial charge in [-0.05, 0) is 88.4 Å². The Labute approximate surface area is 213 Å². The van der Waals surface area contributed by atoms with Gasteiger partial charge < -0.3 is 4.74 Å². The molecule has 0 aliphatic carbocycles. The number of carbonyl (C=O) groups is 3. The average molecular weight is 584 g/mol. The van der Waals surface area contributed by atoms with Crippen molar-refractivity contribution in [3.8, 4) is 5.75 Å². The van der Waals surface area contributed by atoms with E-state index in [1.54, 1.807) is 30.3 Å². The lowest BCUT2D eigenvalue weighted by Gasteiger charge is -2.28. The molecule has 0 unspecified atom stereocenters. The zero-order valence-corrected chi connectivity index (χ0v) is 21.6. The molecule has 3 aromatic carbocycles. The van der Waals surface area contributed by atoms with E-state index in [0.717, 1.165) is 26.1 Å². The quantitative estimate of drug-likeness (QED) is 0.292. The Kier molecular flexibility index (Phi) is 7.00. The average Bonchev–Trinajstić information content (AvgIpc) is 2.80. The van der Waals surface area contributed by atoms with Gasteiger partial charge in [-0.2, -0.15) is 0 Å². The largest absolute Gasteiger partial charge is 0.488 e. The topological polar surface area (TPSA) is 75.7 Å². The summed E-state index contributed by atoms with van der Waals surface area (Å²) in [4.78, 5) is 39.2. The molecule has 0 aromatic heterocycles. The van der Waals surface area contributed by atoms with E-state index in [9.17, 15) is 14.4 Å². The Balaban J connectivity index is 1.58. The molecular weight excluding hydrogens is 564 g/mol. The van der Waals surface area contributed by atoms with Gasteiger partial charge in [-0.25, -0.2) is 9.69 Å². The predicted molar refractivity (Wildman–Crippen MR) is 138 cm³/mol. The third kappa shape index (κ3) is 4.98. The van der Waals surface area contributed by atoms with Gasteiger partial charge in [0.2, 0.25) is 0 Å². The Bertz CT molecular complexity index is 1330. The van der Waals surface area contributed by atoms with Crippen LogP contribution in [0.25, 0.3) is 6.08 Å². The van der Waals surface area contributed by atoms with Gasteiger partial charge in [0.15, 0.2) is 0 Å². The second-order valence-electron chi connectivity index (χ2n) is 7.78. The summed E-state index contributed by atoms with van der Waals surface area (Å²) in [5.41, 5.74) is 3.66. The third-order valence-corrected chi connectivity index (χ3v) is 6.64. The maximum Gasteiger partial charge on any atom is 0.335 e. The van der Waals surface area contributed by atoms with E-state index >= 15 is 0 Å². The van der Waals surface area contributed by atoms with Crippen LogP contribution in [0.5, 0.6) is 5.75 Å². The molecule has 3 aromatic rings. The van der Waals surface area contributed by atoms with E-state index in [1.807, 2.05) is 44.2 Å². The number of urea groups is 1. The Morgan fingerprint density at radius 2 is 1.71 bits per heavy atom. The highest BCUT2D eigenvalue weighted by Crippen LogP contribution is 2.30. The fourth-order valence-electron chi connectivity index (χ4n) is 3.49. The highest BCUT2D eigenvalue weighted by atomic mass is 79.9. The third-order valence-electron chi connectivity index (χ3n) is 5.49. The molecule has 1 aliphatic heterocycles. The van der Waals surface area contributed by atoms with Crippen LogP contribution in [0, 0.1) is 13.8 Å². The van der Waals surface area contributed by atoms with Crippen molar-refractivity contribution in [3.63, 3.8) is 0 Å². The molecule has 0 radical (unpaired) electrons. The SMILES string of the molecule is Cc1cccc(N2C(=O)NC(=O)/C(=C\c3ccc(OCc4ccc(Br)cc4)c(Br)c3)C2=O)c1C. The summed E-state index contributed by atoms with van der Waals surface area (Å²) in [6.07, 6.45) is 1.46. The molecular formula is C26H20Br2N2O4. The van der Waals surface area contributed by atoms with Gasteiger partial charge in [-0.1, -0.05) is 46.3 Å². The summed E-state index contributed by atoms with van der Waals surface area (Å²) in [7, 11) is 0. The molecule has 8 heteroatoms. The molecule has 1 aliphatic rings. The van der Waals surface area contributed by atoms with Crippen LogP contribution < -0.4 is 15.0 Å². The number of imide groups is 2. The molecule has 0 atom stereocenters. The van der Waals surface area contributed by atoms with Crippen LogP contribution in [0.2, 0.25) is 0 Å². The lowest BCUT2D eigenvalue weighted by Crippen LogP contribution is -2.54. The first-order chi connectivity index (χ1) is 16.2. The Hall–Kier alpha value is -3.23. The first-order valence-electron chi connectivity index (χ1n) is 10.4. The van der Waals surface area contributed by atoms with Crippen LogP contribution in [-0.2, 0) is 16.2 Å². The van der Waals surface area contributed by atoms with Gasteiger partial charge >= 0.3 is 6.03 Å². The normalized spacial score (nSPS) is 15.0. The smallest absolute Gasteiger partial charge is 0.335 e.